The van der Waals surface area contributed by atoms with Gasteiger partial charge in [-0.2, -0.15) is 0 Å². The van der Waals surface area contributed by atoms with Gasteiger partial charge in [0.25, 0.3) is 17.7 Å². The second-order valence-corrected chi connectivity index (χ2v) is 7.39. The third-order valence-electron chi connectivity index (χ3n) is 5.16. The van der Waals surface area contributed by atoms with E-state index in [-0.39, 0.29) is 33.6 Å². The lowest BCUT2D eigenvalue weighted by Gasteiger charge is -2.34. The highest BCUT2D eigenvalue weighted by molar-refractivity contribution is 6.48. The van der Waals surface area contributed by atoms with E-state index in [0.717, 1.165) is 4.90 Å². The van der Waals surface area contributed by atoms with Crippen molar-refractivity contribution in [1.29, 1.82) is 0 Å². The van der Waals surface area contributed by atoms with Gasteiger partial charge in [0.2, 0.25) is 5.95 Å². The summed E-state index contributed by atoms with van der Waals surface area (Å²) in [6.45, 7) is 1.98. The van der Waals surface area contributed by atoms with E-state index in [4.69, 9.17) is 11.6 Å². The maximum atomic E-state index is 13.0. The highest BCUT2D eigenvalue weighted by Crippen LogP contribution is 2.32. The first-order valence-corrected chi connectivity index (χ1v) is 9.88. The Kier molecular flexibility index (Phi) is 5.47. The molecule has 0 unspecified atom stereocenters. The van der Waals surface area contributed by atoms with Crippen LogP contribution in [0.4, 0.5) is 11.6 Å². The molecule has 2 N–H and O–H groups in total. The second kappa shape index (κ2) is 8.23. The molecule has 2 aliphatic heterocycles. The maximum Gasteiger partial charge on any atom is 0.278 e. The van der Waals surface area contributed by atoms with E-state index in [0.29, 0.717) is 32.1 Å². The highest BCUT2D eigenvalue weighted by Gasteiger charge is 2.35. The van der Waals surface area contributed by atoms with Gasteiger partial charge in [0.15, 0.2) is 5.75 Å². The number of anilines is 2. The molecule has 2 aliphatic rings. The molecule has 0 radical (unpaired) electrons. The Morgan fingerprint density at radius 1 is 1.06 bits per heavy atom. The molecule has 0 bridgehead atoms. The van der Waals surface area contributed by atoms with Gasteiger partial charge in [-0.15, -0.1) is 0 Å². The van der Waals surface area contributed by atoms with Gasteiger partial charge >= 0.3 is 0 Å². The zero-order valence-corrected chi connectivity index (χ0v) is 17.3. The van der Waals surface area contributed by atoms with Gasteiger partial charge in [-0.25, -0.2) is 9.97 Å². The monoisotopic (exact) mass is 442 g/mol. The molecular weight excluding hydrogens is 424 g/mol. The largest absolute Gasteiger partial charge is 0.505 e. The minimum absolute atomic E-state index is 0.0799. The molecule has 0 saturated carbocycles. The number of para-hydroxylation sites is 1. The second-order valence-electron chi connectivity index (χ2n) is 7.01. The minimum atomic E-state index is -0.638. The van der Waals surface area contributed by atoms with Gasteiger partial charge in [-0.05, 0) is 18.2 Å². The van der Waals surface area contributed by atoms with Crippen molar-refractivity contribution < 1.29 is 19.5 Å². The summed E-state index contributed by atoms with van der Waals surface area (Å²) in [7, 11) is 1.31. The standard InChI is InChI=1S/C20H19ClN6O4/c1-25-18(30)14(21)15(19(25)31)24-13-5-2-4-12(16(13)28)17(29)26-8-10-27(11-9-26)20-22-6-3-7-23-20/h2-7,24,28H,8-11H2,1H3. The molecule has 0 atom stereocenters. The molecule has 0 spiro atoms. The van der Waals surface area contributed by atoms with Crippen LogP contribution < -0.4 is 10.2 Å². The molecule has 3 heterocycles. The third-order valence-corrected chi connectivity index (χ3v) is 5.51. The zero-order chi connectivity index (χ0) is 22.1. The van der Waals surface area contributed by atoms with E-state index >= 15 is 0 Å². The molecule has 10 nitrogen and oxygen atoms in total. The number of carbonyl (C=O) groups is 3. The van der Waals surface area contributed by atoms with Crippen LogP contribution in [0.15, 0.2) is 47.4 Å². The number of imide groups is 1. The molecule has 1 fully saturated rings. The number of benzene rings is 1. The Morgan fingerprint density at radius 3 is 2.35 bits per heavy atom. The van der Waals surface area contributed by atoms with E-state index < -0.39 is 11.8 Å². The SMILES string of the molecule is CN1C(=O)C(Cl)=C(Nc2cccc(C(=O)N3CCN(c4ncccn4)CC3)c2O)C1=O. The zero-order valence-electron chi connectivity index (χ0n) is 16.6. The molecule has 1 saturated heterocycles. The number of amides is 3. The Bertz CT molecular complexity index is 1080. The van der Waals surface area contributed by atoms with Crippen molar-refractivity contribution >= 4 is 41.0 Å². The van der Waals surface area contributed by atoms with Crippen LogP contribution in [-0.4, -0.2) is 75.8 Å². The van der Waals surface area contributed by atoms with Crippen LogP contribution in [0.1, 0.15) is 10.4 Å². The smallest absolute Gasteiger partial charge is 0.278 e. The van der Waals surface area contributed by atoms with E-state index in [2.05, 4.69) is 15.3 Å². The van der Waals surface area contributed by atoms with Crippen molar-refractivity contribution in [2.45, 2.75) is 0 Å². The fourth-order valence-corrected chi connectivity index (χ4v) is 3.66. The van der Waals surface area contributed by atoms with E-state index in [1.54, 1.807) is 29.4 Å². The van der Waals surface area contributed by atoms with Crippen LogP contribution in [0.2, 0.25) is 0 Å². The summed E-state index contributed by atoms with van der Waals surface area (Å²) in [5.74, 6) is -1.32. The lowest BCUT2D eigenvalue weighted by molar-refractivity contribution is -0.135. The van der Waals surface area contributed by atoms with Gasteiger partial charge in [0, 0.05) is 45.6 Å². The Morgan fingerprint density at radius 2 is 1.74 bits per heavy atom. The molecule has 2 aromatic rings. The fourth-order valence-electron chi connectivity index (χ4n) is 3.40. The number of carbonyl (C=O) groups excluding carboxylic acids is 3. The number of nitrogens with one attached hydrogen (secondary N) is 1. The van der Waals surface area contributed by atoms with Crippen molar-refractivity contribution in [3.05, 3.63) is 53.0 Å². The summed E-state index contributed by atoms with van der Waals surface area (Å²) in [4.78, 5) is 50.0. The van der Waals surface area contributed by atoms with Crippen LogP contribution in [0, 0.1) is 0 Å². The van der Waals surface area contributed by atoms with Crippen molar-refractivity contribution in [2.24, 2.45) is 0 Å². The molecule has 4 rings (SSSR count). The number of phenols is 1. The molecule has 0 aliphatic carbocycles. The molecule has 3 amide bonds. The molecule has 31 heavy (non-hydrogen) atoms. The number of halogens is 1. The number of phenolic OH excluding ortho intramolecular Hbond substituents is 1. The Labute approximate surface area is 182 Å². The van der Waals surface area contributed by atoms with E-state index in [9.17, 15) is 19.5 Å². The van der Waals surface area contributed by atoms with Crippen molar-refractivity contribution in [3.8, 4) is 5.75 Å². The normalized spacial score (nSPS) is 16.9. The molecular formula is C20H19ClN6O4. The van der Waals surface area contributed by atoms with Gasteiger partial charge in [0.05, 0.1) is 11.3 Å². The molecule has 1 aromatic heterocycles. The van der Waals surface area contributed by atoms with Crippen LogP contribution >= 0.6 is 11.6 Å². The van der Waals surface area contributed by atoms with Crippen molar-refractivity contribution in [2.75, 3.05) is 43.4 Å². The van der Waals surface area contributed by atoms with Crippen LogP contribution in [0.5, 0.6) is 5.75 Å². The number of aromatic nitrogens is 2. The Balaban J connectivity index is 1.49. The van der Waals surface area contributed by atoms with Crippen LogP contribution in [0.25, 0.3) is 0 Å². The minimum Gasteiger partial charge on any atom is -0.505 e. The van der Waals surface area contributed by atoms with E-state index in [1.165, 1.54) is 19.2 Å². The number of aromatic hydroxyl groups is 1. The van der Waals surface area contributed by atoms with Gasteiger partial charge in [0.1, 0.15) is 10.7 Å². The van der Waals surface area contributed by atoms with Gasteiger partial charge in [-0.3, -0.25) is 19.3 Å². The summed E-state index contributed by atoms with van der Waals surface area (Å²) in [6.07, 6.45) is 3.33. The number of hydrogen-bond acceptors (Lipinski definition) is 8. The lowest BCUT2D eigenvalue weighted by atomic mass is 10.1. The summed E-state index contributed by atoms with van der Waals surface area (Å²) < 4.78 is 0. The maximum absolute atomic E-state index is 13.0. The van der Waals surface area contributed by atoms with Crippen LogP contribution in [-0.2, 0) is 9.59 Å². The summed E-state index contributed by atoms with van der Waals surface area (Å²) in [6, 6.07) is 6.30. The molecule has 11 heteroatoms. The first-order valence-electron chi connectivity index (χ1n) is 9.51. The van der Waals surface area contributed by atoms with Gasteiger partial charge < -0.3 is 20.2 Å². The van der Waals surface area contributed by atoms with Crippen LogP contribution in [0.3, 0.4) is 0 Å². The first kappa shape index (κ1) is 20.6. The highest BCUT2D eigenvalue weighted by atomic mass is 35.5. The Hall–Kier alpha value is -3.66. The van der Waals surface area contributed by atoms with Gasteiger partial charge in [-0.1, -0.05) is 17.7 Å². The first-order chi connectivity index (χ1) is 14.9. The summed E-state index contributed by atoms with van der Waals surface area (Å²) >= 11 is 5.94. The van der Waals surface area contributed by atoms with Crippen molar-refractivity contribution in [3.63, 3.8) is 0 Å². The summed E-state index contributed by atoms with van der Waals surface area (Å²) in [5.41, 5.74) is 0.0357. The van der Waals surface area contributed by atoms with E-state index in [1.807, 2.05) is 4.90 Å². The predicted molar refractivity (Wildman–Crippen MR) is 113 cm³/mol. The number of nitrogens with zero attached hydrogens (tertiary/aromatic N) is 5. The average Bonchev–Trinajstić information content (AvgIpc) is 2.98. The predicted octanol–water partition coefficient (Wildman–Crippen LogP) is 1.01. The number of piperazine rings is 1. The lowest BCUT2D eigenvalue weighted by Crippen LogP contribution is -2.49. The topological polar surface area (TPSA) is 119 Å². The third kappa shape index (κ3) is 3.77. The molecule has 160 valence electrons. The average molecular weight is 443 g/mol. The number of rotatable bonds is 4. The number of hydrogen-bond donors (Lipinski definition) is 2. The molecule has 1 aromatic carbocycles. The van der Waals surface area contributed by atoms with Crippen molar-refractivity contribution in [1.82, 2.24) is 19.8 Å². The number of likely N-dealkylation sites (N-methyl/N-ethyl adjacent to an activating group) is 1. The summed E-state index contributed by atoms with van der Waals surface area (Å²) in [5, 5.41) is 13.1. The quantitative estimate of drug-likeness (QED) is 0.532. The fraction of sp³-hybridized carbons (Fsp3) is 0.250.